The van der Waals surface area contributed by atoms with Crippen LogP contribution >= 0.6 is 0 Å². The van der Waals surface area contributed by atoms with Crippen molar-refractivity contribution in [1.29, 1.82) is 0 Å². The molecule has 0 spiro atoms. The normalized spacial score (nSPS) is 13.2. The van der Waals surface area contributed by atoms with Crippen LogP contribution in [0.1, 0.15) is 27.2 Å². The minimum absolute atomic E-state index is 0.0282. The van der Waals surface area contributed by atoms with Gasteiger partial charge in [0.2, 0.25) is 6.29 Å². The van der Waals surface area contributed by atoms with E-state index in [-0.39, 0.29) is 12.6 Å². The number of aliphatic hydroxyl groups is 1. The Balaban J connectivity index is 0. The number of hydrogen-bond acceptors (Lipinski definition) is 7. The SMILES string of the molecule is C=C/C(OCCO)=C(C)\C=C\C.CCOC(=O)C1=CCCNC1.O=CC(F)(F)F.c1ccncc1. The zero-order chi connectivity index (χ0) is 27.0. The Bertz CT molecular complexity index is 765. The molecule has 0 fully saturated rings. The maximum Gasteiger partial charge on any atom is 0.446 e. The maximum absolute atomic E-state index is 11.1. The summed E-state index contributed by atoms with van der Waals surface area (Å²) in [7, 11) is 0. The second-order valence-electron chi connectivity index (χ2n) is 6.42. The quantitative estimate of drug-likeness (QED) is 0.249. The largest absolute Gasteiger partial charge is 0.491 e. The Kier molecular flexibility index (Phi) is 21.9. The number of aromatic nitrogens is 1. The van der Waals surface area contributed by atoms with E-state index in [2.05, 4.69) is 16.9 Å². The zero-order valence-electron chi connectivity index (χ0n) is 20.4. The first-order valence-electron chi connectivity index (χ1n) is 10.8. The highest BCUT2D eigenvalue weighted by Gasteiger charge is 2.24. The van der Waals surface area contributed by atoms with Gasteiger partial charge in [0, 0.05) is 24.5 Å². The first-order chi connectivity index (χ1) is 16.7. The van der Waals surface area contributed by atoms with Gasteiger partial charge < -0.3 is 19.9 Å². The topological polar surface area (TPSA) is 97.7 Å². The number of pyridine rings is 1. The van der Waals surface area contributed by atoms with Crippen LogP contribution < -0.4 is 5.32 Å². The predicted molar refractivity (Wildman–Crippen MR) is 129 cm³/mol. The molecular formula is C25H35F3N2O5. The Morgan fingerprint density at radius 2 is 1.89 bits per heavy atom. The van der Waals surface area contributed by atoms with Gasteiger partial charge in [-0.15, -0.1) is 0 Å². The molecule has 0 saturated heterocycles. The Morgan fingerprint density at radius 1 is 1.26 bits per heavy atom. The number of nitrogens with zero attached hydrogens (tertiary/aromatic N) is 1. The standard InChI is InChI=1S/C10H16O2.C8H13NO2.C5H5N.C2HF3O/c1-4-6-9(3)10(5-2)12-8-7-11;1-2-11-8(10)7-4-3-5-9-6-7;1-2-4-6-5-3-1;3-2(4,5)1-6/h4-6,11H,2,7-8H2,1,3H3;4,9H,2-3,5-6H2,1H3;1-5H;1H/b6-4+,10-9+;;;. The molecule has 0 amide bonds. The molecule has 0 bridgehead atoms. The van der Waals surface area contributed by atoms with Crippen molar-refractivity contribution in [2.45, 2.75) is 33.4 Å². The predicted octanol–water partition coefficient (Wildman–Crippen LogP) is 4.33. The average molecular weight is 501 g/mol. The molecule has 0 aliphatic carbocycles. The molecule has 0 atom stereocenters. The number of rotatable bonds is 7. The van der Waals surface area contributed by atoms with Crippen molar-refractivity contribution < 1.29 is 37.3 Å². The van der Waals surface area contributed by atoms with Crippen LogP contribution in [0.15, 0.2) is 78.4 Å². The second-order valence-corrected chi connectivity index (χ2v) is 6.42. The lowest BCUT2D eigenvalue weighted by Gasteiger charge is -2.12. The third-order valence-corrected chi connectivity index (χ3v) is 3.60. The average Bonchev–Trinajstić information content (AvgIpc) is 2.87. The smallest absolute Gasteiger partial charge is 0.446 e. The van der Waals surface area contributed by atoms with E-state index in [4.69, 9.17) is 19.4 Å². The molecule has 0 saturated carbocycles. The Labute approximate surface area is 205 Å². The highest BCUT2D eigenvalue weighted by atomic mass is 19.4. The number of nitrogens with one attached hydrogen (secondary N) is 1. The summed E-state index contributed by atoms with van der Waals surface area (Å²) in [6.45, 7) is 11.7. The summed E-state index contributed by atoms with van der Waals surface area (Å²) in [4.78, 5) is 23.6. The minimum atomic E-state index is -4.64. The molecule has 1 aromatic rings. The number of halogens is 3. The molecule has 10 heteroatoms. The first-order valence-corrected chi connectivity index (χ1v) is 10.8. The van der Waals surface area contributed by atoms with Gasteiger partial charge in [-0.05, 0) is 57.5 Å². The number of ether oxygens (including phenoxy) is 2. The summed E-state index contributed by atoms with van der Waals surface area (Å²) in [5, 5.41) is 11.6. The third kappa shape index (κ3) is 22.3. The lowest BCUT2D eigenvalue weighted by Crippen LogP contribution is -2.26. The first kappa shape index (κ1) is 33.9. The molecule has 196 valence electrons. The highest BCUT2D eigenvalue weighted by Crippen LogP contribution is 2.09. The monoisotopic (exact) mass is 500 g/mol. The molecule has 2 heterocycles. The molecule has 0 radical (unpaired) electrons. The fourth-order valence-corrected chi connectivity index (χ4v) is 2.16. The van der Waals surface area contributed by atoms with Gasteiger partial charge in [0.05, 0.1) is 13.2 Å². The van der Waals surface area contributed by atoms with E-state index in [0.717, 1.165) is 29.9 Å². The van der Waals surface area contributed by atoms with Crippen LogP contribution in [0.5, 0.6) is 0 Å². The molecule has 0 unspecified atom stereocenters. The fourth-order valence-electron chi connectivity index (χ4n) is 2.16. The lowest BCUT2D eigenvalue weighted by molar-refractivity contribution is -0.156. The van der Waals surface area contributed by atoms with Gasteiger partial charge in [0.25, 0.3) is 0 Å². The Hall–Kier alpha value is -3.24. The van der Waals surface area contributed by atoms with Crippen molar-refractivity contribution in [2.24, 2.45) is 0 Å². The van der Waals surface area contributed by atoms with Gasteiger partial charge in [-0.2, -0.15) is 13.2 Å². The Morgan fingerprint density at radius 3 is 2.23 bits per heavy atom. The summed E-state index contributed by atoms with van der Waals surface area (Å²) >= 11 is 0. The van der Waals surface area contributed by atoms with Crippen LogP contribution in [-0.2, 0) is 19.1 Å². The van der Waals surface area contributed by atoms with Gasteiger partial charge in [0.15, 0.2) is 0 Å². The molecule has 0 aromatic carbocycles. The van der Waals surface area contributed by atoms with E-state index in [9.17, 15) is 18.0 Å². The van der Waals surface area contributed by atoms with Crippen molar-refractivity contribution in [3.05, 3.63) is 78.4 Å². The van der Waals surface area contributed by atoms with Gasteiger partial charge in [-0.1, -0.05) is 30.9 Å². The maximum atomic E-state index is 11.1. The van der Waals surface area contributed by atoms with Crippen LogP contribution in [0.25, 0.3) is 0 Å². The lowest BCUT2D eigenvalue weighted by atomic mass is 10.1. The van der Waals surface area contributed by atoms with E-state index in [1.807, 2.05) is 57.2 Å². The number of carbonyl (C=O) groups excluding carboxylic acids is 2. The van der Waals surface area contributed by atoms with Gasteiger partial charge in [-0.3, -0.25) is 9.78 Å². The van der Waals surface area contributed by atoms with Gasteiger partial charge in [0.1, 0.15) is 12.4 Å². The third-order valence-electron chi connectivity index (χ3n) is 3.60. The number of esters is 1. The summed E-state index contributed by atoms with van der Waals surface area (Å²) in [6.07, 6.45) is 6.18. The molecule has 1 aliphatic rings. The number of aldehydes is 1. The fraction of sp³-hybridized carbons (Fsp3) is 0.400. The van der Waals surface area contributed by atoms with Crippen molar-refractivity contribution >= 4 is 12.3 Å². The van der Waals surface area contributed by atoms with Crippen LogP contribution in [0.3, 0.4) is 0 Å². The highest BCUT2D eigenvalue weighted by molar-refractivity contribution is 5.89. The molecule has 1 aliphatic heterocycles. The summed E-state index contributed by atoms with van der Waals surface area (Å²) in [5.41, 5.74) is 1.78. The molecule has 35 heavy (non-hydrogen) atoms. The molecule has 2 N–H and O–H groups in total. The number of alkyl halides is 3. The number of carbonyl (C=O) groups is 2. The van der Waals surface area contributed by atoms with E-state index in [0.29, 0.717) is 19.8 Å². The van der Waals surface area contributed by atoms with Crippen molar-refractivity contribution in [2.75, 3.05) is 32.9 Å². The van der Waals surface area contributed by atoms with Crippen molar-refractivity contribution in [3.8, 4) is 0 Å². The second kappa shape index (κ2) is 22.5. The van der Waals surface area contributed by atoms with Gasteiger partial charge >= 0.3 is 12.1 Å². The van der Waals surface area contributed by atoms with Crippen molar-refractivity contribution in [3.63, 3.8) is 0 Å². The zero-order valence-corrected chi connectivity index (χ0v) is 20.4. The van der Waals surface area contributed by atoms with Crippen molar-refractivity contribution in [1.82, 2.24) is 10.3 Å². The van der Waals surface area contributed by atoms with Crippen LogP contribution in [0.2, 0.25) is 0 Å². The number of hydrogen-bond donors (Lipinski definition) is 2. The minimum Gasteiger partial charge on any atom is -0.491 e. The van der Waals surface area contributed by atoms with E-state index in [1.165, 1.54) is 0 Å². The molecule has 7 nitrogen and oxygen atoms in total. The van der Waals surface area contributed by atoms with Crippen LogP contribution in [0.4, 0.5) is 13.2 Å². The molecule has 2 rings (SSSR count). The summed E-state index contributed by atoms with van der Waals surface area (Å²) < 4.78 is 41.3. The van der Waals surface area contributed by atoms with E-state index < -0.39 is 12.5 Å². The summed E-state index contributed by atoms with van der Waals surface area (Å²) in [5.74, 6) is 0.543. The van der Waals surface area contributed by atoms with E-state index in [1.54, 1.807) is 18.5 Å². The molecular weight excluding hydrogens is 465 g/mol. The van der Waals surface area contributed by atoms with Crippen LogP contribution in [-0.4, -0.2) is 61.4 Å². The summed E-state index contributed by atoms with van der Waals surface area (Å²) in [6, 6.07) is 5.72. The van der Waals surface area contributed by atoms with Gasteiger partial charge in [-0.25, -0.2) is 4.79 Å². The number of aliphatic hydroxyl groups excluding tert-OH is 1. The number of allylic oxidation sites excluding steroid dienone is 4. The van der Waals surface area contributed by atoms with E-state index >= 15 is 0 Å². The molecule has 1 aromatic heterocycles. The van der Waals surface area contributed by atoms with Crippen LogP contribution in [0, 0.1) is 0 Å².